The first kappa shape index (κ1) is 15.8. The Hall–Kier alpha value is -3.08. The molecule has 1 heterocycles. The average Bonchev–Trinajstić information content (AvgIpc) is 2.99. The van der Waals surface area contributed by atoms with Crippen LogP contribution in [-0.4, -0.2) is 28.0 Å². The van der Waals surface area contributed by atoms with Crippen LogP contribution in [0, 0.1) is 0 Å². The molecule has 0 bridgehead atoms. The zero-order valence-electron chi connectivity index (χ0n) is 13.2. The van der Waals surface area contributed by atoms with Gasteiger partial charge in [-0.1, -0.05) is 36.4 Å². The van der Waals surface area contributed by atoms with E-state index in [4.69, 9.17) is 4.74 Å². The molecule has 0 radical (unpaired) electrons. The van der Waals surface area contributed by atoms with Gasteiger partial charge in [0, 0.05) is 22.7 Å². The number of hydrogen-bond donors (Lipinski definition) is 1. The predicted molar refractivity (Wildman–Crippen MR) is 90.6 cm³/mol. The monoisotopic (exact) mass is 323 g/mol. The number of benzene rings is 2. The molecule has 0 amide bonds. The van der Waals surface area contributed by atoms with Crippen LogP contribution in [0.25, 0.3) is 10.9 Å². The molecule has 24 heavy (non-hydrogen) atoms. The highest BCUT2D eigenvalue weighted by Gasteiger charge is 2.21. The second-order valence-electron chi connectivity index (χ2n) is 5.51. The van der Waals surface area contributed by atoms with Crippen molar-refractivity contribution < 1.29 is 19.4 Å². The summed E-state index contributed by atoms with van der Waals surface area (Å²) in [7, 11) is 0. The van der Waals surface area contributed by atoms with Gasteiger partial charge in [0.25, 0.3) is 0 Å². The van der Waals surface area contributed by atoms with Crippen LogP contribution in [0.5, 0.6) is 5.75 Å². The maximum absolute atomic E-state index is 12.6. The smallest absolute Gasteiger partial charge is 0.326 e. The van der Waals surface area contributed by atoms with Gasteiger partial charge in [0.05, 0.1) is 0 Å². The van der Waals surface area contributed by atoms with Gasteiger partial charge in [0.2, 0.25) is 5.78 Å². The quantitative estimate of drug-likeness (QED) is 0.704. The number of Topliss-reactive ketones (excluding diaryl/α,β-unsaturated/α-hetero) is 1. The zero-order valence-corrected chi connectivity index (χ0v) is 13.2. The summed E-state index contributed by atoms with van der Waals surface area (Å²) in [6.45, 7) is 1.49. The number of hydrogen-bond acceptors (Lipinski definition) is 3. The summed E-state index contributed by atoms with van der Waals surface area (Å²) in [5.74, 6) is -0.518. The Morgan fingerprint density at radius 1 is 1.08 bits per heavy atom. The summed E-state index contributed by atoms with van der Waals surface area (Å²) >= 11 is 0. The minimum Gasteiger partial charge on any atom is -0.485 e. The molecule has 3 rings (SSSR count). The number of carboxylic acids is 1. The number of ketones is 1. The zero-order chi connectivity index (χ0) is 17.1. The lowest BCUT2D eigenvalue weighted by Crippen LogP contribution is -2.15. The standard InChI is InChI=1S/C19H17NO4/c1-13(19(22)23)20-11-16(15-9-5-6-10-17(15)20)18(21)12-24-14-7-3-2-4-8-14/h2-11,13H,12H2,1H3,(H,22,23). The normalized spacial score (nSPS) is 12.0. The van der Waals surface area contributed by atoms with Crippen LogP contribution in [0.3, 0.4) is 0 Å². The third-order valence-corrected chi connectivity index (χ3v) is 3.93. The summed E-state index contributed by atoms with van der Waals surface area (Å²) in [6.07, 6.45) is 1.60. The van der Waals surface area contributed by atoms with Gasteiger partial charge in [-0.2, -0.15) is 0 Å². The van der Waals surface area contributed by atoms with Crippen molar-refractivity contribution in [2.75, 3.05) is 6.61 Å². The highest BCUT2D eigenvalue weighted by molar-refractivity contribution is 6.09. The van der Waals surface area contributed by atoms with Crippen LogP contribution in [0.2, 0.25) is 0 Å². The number of aromatic nitrogens is 1. The second kappa shape index (κ2) is 6.58. The fourth-order valence-electron chi connectivity index (χ4n) is 2.61. The molecule has 5 heteroatoms. The summed E-state index contributed by atoms with van der Waals surface area (Å²) in [6, 6.07) is 15.6. The number of nitrogens with zero attached hydrogens (tertiary/aromatic N) is 1. The average molecular weight is 323 g/mol. The number of para-hydroxylation sites is 2. The highest BCUT2D eigenvalue weighted by atomic mass is 16.5. The van der Waals surface area contributed by atoms with E-state index < -0.39 is 12.0 Å². The fourth-order valence-corrected chi connectivity index (χ4v) is 2.61. The molecule has 0 spiro atoms. The molecule has 0 fully saturated rings. The lowest BCUT2D eigenvalue weighted by atomic mass is 10.1. The lowest BCUT2D eigenvalue weighted by Gasteiger charge is -2.09. The van der Waals surface area contributed by atoms with Crippen molar-refractivity contribution in [3.63, 3.8) is 0 Å². The Morgan fingerprint density at radius 3 is 2.46 bits per heavy atom. The Labute approximate surface area is 139 Å². The largest absolute Gasteiger partial charge is 0.485 e. The molecule has 122 valence electrons. The van der Waals surface area contributed by atoms with Crippen molar-refractivity contribution in [3.8, 4) is 5.75 Å². The van der Waals surface area contributed by atoms with E-state index in [0.29, 0.717) is 11.3 Å². The molecule has 0 aliphatic carbocycles. The molecule has 1 unspecified atom stereocenters. The van der Waals surface area contributed by atoms with Gasteiger partial charge < -0.3 is 14.4 Å². The van der Waals surface area contributed by atoms with E-state index in [2.05, 4.69) is 0 Å². The van der Waals surface area contributed by atoms with Crippen LogP contribution in [0.15, 0.2) is 60.8 Å². The van der Waals surface area contributed by atoms with Crippen molar-refractivity contribution in [2.24, 2.45) is 0 Å². The molecule has 0 saturated carbocycles. The number of carbonyl (C=O) groups is 2. The van der Waals surface area contributed by atoms with Crippen LogP contribution < -0.4 is 4.74 Å². The van der Waals surface area contributed by atoms with Gasteiger partial charge in [-0.3, -0.25) is 4.79 Å². The minimum atomic E-state index is -0.949. The predicted octanol–water partition coefficient (Wildman–Crippen LogP) is 3.55. The number of rotatable bonds is 6. The van der Waals surface area contributed by atoms with Crippen molar-refractivity contribution in [1.29, 1.82) is 0 Å². The van der Waals surface area contributed by atoms with Gasteiger partial charge in [-0.25, -0.2) is 4.79 Å². The van der Waals surface area contributed by atoms with E-state index in [0.717, 1.165) is 10.9 Å². The summed E-state index contributed by atoms with van der Waals surface area (Å²) in [4.78, 5) is 23.9. The van der Waals surface area contributed by atoms with Crippen LogP contribution in [-0.2, 0) is 4.79 Å². The molecular formula is C19H17NO4. The highest BCUT2D eigenvalue weighted by Crippen LogP contribution is 2.25. The molecule has 2 aromatic carbocycles. The van der Waals surface area contributed by atoms with Crippen LogP contribution >= 0.6 is 0 Å². The SMILES string of the molecule is CC(C(=O)O)n1cc(C(=O)COc2ccccc2)c2ccccc21. The molecule has 1 N–H and O–H groups in total. The number of ether oxygens (including phenoxy) is 1. The minimum absolute atomic E-state index is 0.0977. The first-order valence-electron chi connectivity index (χ1n) is 7.61. The molecule has 0 aliphatic heterocycles. The molecule has 5 nitrogen and oxygen atoms in total. The molecular weight excluding hydrogens is 306 g/mol. The topological polar surface area (TPSA) is 68.5 Å². The number of aliphatic carboxylic acids is 1. The van der Waals surface area contributed by atoms with Gasteiger partial charge in [-0.05, 0) is 25.1 Å². The summed E-state index contributed by atoms with van der Waals surface area (Å²) < 4.78 is 7.12. The molecule has 0 saturated heterocycles. The van der Waals surface area contributed by atoms with Crippen molar-refractivity contribution >= 4 is 22.7 Å². The maximum atomic E-state index is 12.6. The maximum Gasteiger partial charge on any atom is 0.326 e. The van der Waals surface area contributed by atoms with Crippen molar-refractivity contribution in [3.05, 3.63) is 66.4 Å². The van der Waals surface area contributed by atoms with Crippen LogP contribution in [0.4, 0.5) is 0 Å². The number of carbonyl (C=O) groups excluding carboxylic acids is 1. The second-order valence-corrected chi connectivity index (χ2v) is 5.51. The van der Waals surface area contributed by atoms with E-state index in [9.17, 15) is 14.7 Å². The molecule has 3 aromatic rings. The molecule has 0 aliphatic rings. The first-order valence-corrected chi connectivity index (χ1v) is 7.61. The van der Waals surface area contributed by atoms with E-state index in [1.54, 1.807) is 29.8 Å². The van der Waals surface area contributed by atoms with Gasteiger partial charge in [-0.15, -0.1) is 0 Å². The number of carboxylic acid groups (broad SMARTS) is 1. The van der Waals surface area contributed by atoms with Crippen molar-refractivity contribution in [2.45, 2.75) is 13.0 Å². The van der Waals surface area contributed by atoms with Gasteiger partial charge in [0.15, 0.2) is 6.61 Å². The third kappa shape index (κ3) is 3.01. The third-order valence-electron chi connectivity index (χ3n) is 3.93. The molecule has 1 aromatic heterocycles. The lowest BCUT2D eigenvalue weighted by molar-refractivity contribution is -0.140. The van der Waals surface area contributed by atoms with Crippen molar-refractivity contribution in [1.82, 2.24) is 4.57 Å². The van der Waals surface area contributed by atoms with E-state index in [1.165, 1.54) is 0 Å². The van der Waals surface area contributed by atoms with E-state index in [1.807, 2.05) is 42.5 Å². The van der Waals surface area contributed by atoms with Gasteiger partial charge in [0.1, 0.15) is 11.8 Å². The fraction of sp³-hybridized carbons (Fsp3) is 0.158. The van der Waals surface area contributed by atoms with Crippen LogP contribution in [0.1, 0.15) is 23.3 Å². The Morgan fingerprint density at radius 2 is 1.75 bits per heavy atom. The Bertz CT molecular complexity index is 883. The Kier molecular flexibility index (Phi) is 4.33. The van der Waals surface area contributed by atoms with E-state index in [-0.39, 0.29) is 12.4 Å². The van der Waals surface area contributed by atoms with Gasteiger partial charge >= 0.3 is 5.97 Å². The Balaban J connectivity index is 1.91. The first-order chi connectivity index (χ1) is 11.6. The number of fused-ring (bicyclic) bond motifs is 1. The summed E-state index contributed by atoms with van der Waals surface area (Å²) in [5, 5.41) is 9.99. The molecule has 1 atom stereocenters. The van der Waals surface area contributed by atoms with E-state index >= 15 is 0 Å². The summed E-state index contributed by atoms with van der Waals surface area (Å²) in [5.41, 5.74) is 1.19.